The lowest BCUT2D eigenvalue weighted by atomic mass is 9.95. The molecule has 0 aliphatic carbocycles. The zero-order valence-corrected chi connectivity index (χ0v) is 10.7. The largest absolute Gasteiger partial charge is 0.310 e. The Kier molecular flexibility index (Phi) is 4.62. The van der Waals surface area contributed by atoms with Gasteiger partial charge >= 0.3 is 0 Å². The highest BCUT2D eigenvalue weighted by atomic mass is 35.5. The second kappa shape index (κ2) is 5.53. The minimum Gasteiger partial charge on any atom is -0.310 e. The predicted molar refractivity (Wildman–Crippen MR) is 67.4 cm³/mol. The van der Waals surface area contributed by atoms with Gasteiger partial charge in [0.15, 0.2) is 0 Å². The summed E-state index contributed by atoms with van der Waals surface area (Å²) in [7, 11) is 0. The van der Waals surface area contributed by atoms with Crippen molar-refractivity contribution >= 4 is 11.6 Å². The van der Waals surface area contributed by atoms with Gasteiger partial charge in [0.2, 0.25) is 0 Å². The molecule has 0 bridgehead atoms. The van der Waals surface area contributed by atoms with Crippen LogP contribution in [0.5, 0.6) is 0 Å². The summed E-state index contributed by atoms with van der Waals surface area (Å²) < 4.78 is 0. The first-order valence-corrected chi connectivity index (χ1v) is 5.94. The summed E-state index contributed by atoms with van der Waals surface area (Å²) in [6, 6.07) is 6.59. The van der Waals surface area contributed by atoms with Gasteiger partial charge in [-0.15, -0.1) is 0 Å². The Labute approximate surface area is 97.8 Å². The molecule has 0 saturated carbocycles. The molecule has 15 heavy (non-hydrogen) atoms. The van der Waals surface area contributed by atoms with E-state index in [-0.39, 0.29) is 0 Å². The summed E-state index contributed by atoms with van der Waals surface area (Å²) in [4.78, 5) is 0. The topological polar surface area (TPSA) is 12.0 Å². The zero-order chi connectivity index (χ0) is 11.4. The highest BCUT2D eigenvalue weighted by Gasteiger charge is 2.17. The van der Waals surface area contributed by atoms with Gasteiger partial charge in [-0.05, 0) is 30.5 Å². The van der Waals surface area contributed by atoms with Crippen LogP contribution >= 0.6 is 11.6 Å². The van der Waals surface area contributed by atoms with Crippen LogP contribution in [-0.4, -0.2) is 6.54 Å². The molecule has 1 rings (SSSR count). The number of nitrogens with one attached hydrogen (secondary N) is 1. The molecular formula is C13H20ClN. The third kappa shape index (κ3) is 2.96. The van der Waals surface area contributed by atoms with Gasteiger partial charge in [-0.3, -0.25) is 0 Å². The second-order valence-electron chi connectivity index (χ2n) is 4.26. The molecule has 84 valence electrons. The van der Waals surface area contributed by atoms with Crippen LogP contribution in [-0.2, 0) is 0 Å². The van der Waals surface area contributed by atoms with Gasteiger partial charge in [0.05, 0.1) is 0 Å². The van der Waals surface area contributed by atoms with Gasteiger partial charge in [-0.25, -0.2) is 0 Å². The van der Waals surface area contributed by atoms with E-state index in [2.05, 4.69) is 51.2 Å². The Bertz CT molecular complexity index is 320. The van der Waals surface area contributed by atoms with Crippen molar-refractivity contribution in [3.05, 3.63) is 34.3 Å². The zero-order valence-electron chi connectivity index (χ0n) is 9.97. The molecule has 2 heteroatoms. The molecule has 0 amide bonds. The number of halogens is 1. The smallest absolute Gasteiger partial charge is 0.0483 e. The van der Waals surface area contributed by atoms with Crippen LogP contribution in [0, 0.1) is 12.8 Å². The maximum atomic E-state index is 6.33. The first-order valence-electron chi connectivity index (χ1n) is 5.56. The maximum Gasteiger partial charge on any atom is 0.0483 e. The summed E-state index contributed by atoms with van der Waals surface area (Å²) >= 11 is 6.33. The molecule has 1 nitrogen and oxygen atoms in total. The molecule has 0 heterocycles. The number of rotatable bonds is 4. The molecule has 0 radical (unpaired) electrons. The lowest BCUT2D eigenvalue weighted by Crippen LogP contribution is -2.25. The summed E-state index contributed by atoms with van der Waals surface area (Å²) in [6.45, 7) is 9.57. The van der Waals surface area contributed by atoms with Crippen molar-refractivity contribution in [2.24, 2.45) is 5.92 Å². The van der Waals surface area contributed by atoms with Crippen LogP contribution in [0.2, 0.25) is 5.02 Å². The maximum absolute atomic E-state index is 6.33. The Hall–Kier alpha value is -0.530. The van der Waals surface area contributed by atoms with Gasteiger partial charge in [0.25, 0.3) is 0 Å². The number of benzene rings is 1. The van der Waals surface area contributed by atoms with Gasteiger partial charge in [0.1, 0.15) is 0 Å². The Morgan fingerprint density at radius 3 is 2.53 bits per heavy atom. The summed E-state index contributed by atoms with van der Waals surface area (Å²) in [5.41, 5.74) is 2.37. The summed E-state index contributed by atoms with van der Waals surface area (Å²) in [5, 5.41) is 4.38. The number of aryl methyl sites for hydroxylation is 1. The van der Waals surface area contributed by atoms with Crippen molar-refractivity contribution in [2.45, 2.75) is 33.7 Å². The van der Waals surface area contributed by atoms with Crippen molar-refractivity contribution in [3.8, 4) is 0 Å². The Balaban J connectivity index is 3.05. The van der Waals surface area contributed by atoms with E-state index >= 15 is 0 Å². The van der Waals surface area contributed by atoms with Crippen molar-refractivity contribution in [1.82, 2.24) is 5.32 Å². The predicted octanol–water partition coefficient (Wildman–Crippen LogP) is 3.96. The van der Waals surface area contributed by atoms with E-state index < -0.39 is 0 Å². The van der Waals surface area contributed by atoms with Gasteiger partial charge < -0.3 is 5.32 Å². The first-order chi connectivity index (χ1) is 7.07. The Morgan fingerprint density at radius 2 is 2.00 bits per heavy atom. The van der Waals surface area contributed by atoms with E-state index in [1.165, 1.54) is 5.56 Å². The second-order valence-corrected chi connectivity index (χ2v) is 4.64. The molecule has 0 saturated heterocycles. The van der Waals surface area contributed by atoms with Crippen molar-refractivity contribution in [1.29, 1.82) is 0 Å². The molecule has 1 N–H and O–H groups in total. The number of hydrogen-bond donors (Lipinski definition) is 1. The van der Waals surface area contributed by atoms with Gasteiger partial charge in [-0.1, -0.05) is 50.6 Å². The van der Waals surface area contributed by atoms with Crippen molar-refractivity contribution in [3.63, 3.8) is 0 Å². The van der Waals surface area contributed by atoms with Crippen LogP contribution < -0.4 is 5.32 Å². The van der Waals surface area contributed by atoms with Gasteiger partial charge in [0, 0.05) is 11.1 Å². The molecule has 1 aromatic carbocycles. The minimum atomic E-state index is 0.349. The van der Waals surface area contributed by atoms with Crippen LogP contribution in [0.4, 0.5) is 0 Å². The highest BCUT2D eigenvalue weighted by molar-refractivity contribution is 6.32. The quantitative estimate of drug-likeness (QED) is 0.818. The molecule has 0 aliphatic heterocycles. The molecule has 0 fully saturated rings. The molecule has 1 aromatic rings. The van der Waals surface area contributed by atoms with Crippen LogP contribution in [0.1, 0.15) is 37.9 Å². The fourth-order valence-corrected chi connectivity index (χ4v) is 2.08. The average molecular weight is 226 g/mol. The van der Waals surface area contributed by atoms with E-state index in [0.29, 0.717) is 12.0 Å². The SMILES string of the molecule is CCNC(c1cccc(C)c1Cl)C(C)C. The normalized spacial score (nSPS) is 13.2. The van der Waals surface area contributed by atoms with Crippen LogP contribution in [0.15, 0.2) is 18.2 Å². The summed E-state index contributed by atoms with van der Waals surface area (Å²) in [5.74, 6) is 0.546. The molecule has 0 spiro atoms. The standard InChI is InChI=1S/C13H20ClN/c1-5-15-13(9(2)3)11-8-6-7-10(4)12(11)14/h6-9,13,15H,5H2,1-4H3. The first kappa shape index (κ1) is 12.5. The molecule has 0 aromatic heterocycles. The van der Waals surface area contributed by atoms with Crippen LogP contribution in [0.25, 0.3) is 0 Å². The lowest BCUT2D eigenvalue weighted by Gasteiger charge is -2.23. The van der Waals surface area contributed by atoms with Crippen molar-refractivity contribution in [2.75, 3.05) is 6.54 Å². The van der Waals surface area contributed by atoms with E-state index in [9.17, 15) is 0 Å². The lowest BCUT2D eigenvalue weighted by molar-refractivity contribution is 0.422. The third-order valence-electron chi connectivity index (χ3n) is 2.65. The van der Waals surface area contributed by atoms with Crippen LogP contribution in [0.3, 0.4) is 0 Å². The monoisotopic (exact) mass is 225 g/mol. The van der Waals surface area contributed by atoms with Gasteiger partial charge in [-0.2, -0.15) is 0 Å². The number of hydrogen-bond acceptors (Lipinski definition) is 1. The van der Waals surface area contributed by atoms with E-state index in [1.54, 1.807) is 0 Å². The highest BCUT2D eigenvalue weighted by Crippen LogP contribution is 2.30. The van der Waals surface area contributed by atoms with E-state index in [1.807, 2.05) is 0 Å². The summed E-state index contributed by atoms with van der Waals surface area (Å²) in [6.07, 6.45) is 0. The average Bonchev–Trinajstić information content (AvgIpc) is 2.19. The molecule has 0 aliphatic rings. The Morgan fingerprint density at radius 1 is 1.33 bits per heavy atom. The third-order valence-corrected chi connectivity index (χ3v) is 3.16. The fourth-order valence-electron chi connectivity index (χ4n) is 1.83. The van der Waals surface area contributed by atoms with E-state index in [0.717, 1.165) is 17.1 Å². The molecule has 1 unspecified atom stereocenters. The fraction of sp³-hybridized carbons (Fsp3) is 0.538. The van der Waals surface area contributed by atoms with E-state index in [4.69, 9.17) is 11.6 Å². The van der Waals surface area contributed by atoms with Crippen molar-refractivity contribution < 1.29 is 0 Å². The molecular weight excluding hydrogens is 206 g/mol. The molecule has 1 atom stereocenters. The minimum absolute atomic E-state index is 0.349.